The molecule has 1 aromatic rings. The summed E-state index contributed by atoms with van der Waals surface area (Å²) in [7, 11) is 0. The Labute approximate surface area is 161 Å². The Bertz CT molecular complexity index is 749. The zero-order valence-corrected chi connectivity index (χ0v) is 15.9. The van der Waals surface area contributed by atoms with Crippen LogP contribution in [-0.2, 0) is 0 Å². The number of hydrogen-bond donors (Lipinski definition) is 1. The third-order valence-corrected chi connectivity index (χ3v) is 7.36. The van der Waals surface area contributed by atoms with Crippen LogP contribution in [-0.4, -0.2) is 42.5 Å². The molecule has 2 bridgehead atoms. The van der Waals surface area contributed by atoms with Gasteiger partial charge in [0.15, 0.2) is 0 Å². The molecular formula is C22H29N3O2. The largest absolute Gasteiger partial charge is 0.336 e. The van der Waals surface area contributed by atoms with Crippen molar-refractivity contribution in [3.8, 4) is 0 Å². The van der Waals surface area contributed by atoms with Crippen LogP contribution in [0.15, 0.2) is 24.3 Å². The predicted molar refractivity (Wildman–Crippen MR) is 105 cm³/mol. The SMILES string of the molecule is O=C1NCCN1c1cccc(C(=O)N2CCCC2CC2CC3CCC2C3)c1. The van der Waals surface area contributed by atoms with Crippen LogP contribution in [0.1, 0.15) is 55.3 Å². The minimum Gasteiger partial charge on any atom is -0.336 e. The molecule has 4 aliphatic rings. The maximum absolute atomic E-state index is 13.2. The zero-order valence-electron chi connectivity index (χ0n) is 15.9. The van der Waals surface area contributed by atoms with Crippen molar-refractivity contribution in [2.75, 3.05) is 24.5 Å². The van der Waals surface area contributed by atoms with Gasteiger partial charge in [-0.1, -0.05) is 12.5 Å². The van der Waals surface area contributed by atoms with Crippen molar-refractivity contribution >= 4 is 17.6 Å². The molecule has 5 rings (SSSR count). The highest BCUT2D eigenvalue weighted by atomic mass is 16.2. The van der Waals surface area contributed by atoms with E-state index in [1.165, 1.54) is 32.1 Å². The monoisotopic (exact) mass is 367 g/mol. The molecule has 3 amide bonds. The molecule has 0 aromatic heterocycles. The van der Waals surface area contributed by atoms with Crippen LogP contribution in [0.4, 0.5) is 10.5 Å². The van der Waals surface area contributed by atoms with Gasteiger partial charge in [0.05, 0.1) is 0 Å². The molecule has 4 atom stereocenters. The molecule has 0 spiro atoms. The van der Waals surface area contributed by atoms with E-state index in [0.717, 1.165) is 42.8 Å². The lowest BCUT2D eigenvalue weighted by molar-refractivity contribution is 0.0707. The molecule has 2 aliphatic carbocycles. The summed E-state index contributed by atoms with van der Waals surface area (Å²) >= 11 is 0. The molecule has 2 saturated carbocycles. The van der Waals surface area contributed by atoms with Gasteiger partial charge in [0.2, 0.25) is 0 Å². The molecule has 144 valence electrons. The van der Waals surface area contributed by atoms with Crippen molar-refractivity contribution in [2.45, 2.75) is 51.0 Å². The average molecular weight is 367 g/mol. The van der Waals surface area contributed by atoms with Gasteiger partial charge in [-0.05, 0) is 74.5 Å². The fourth-order valence-electron chi connectivity index (χ4n) is 6.05. The molecule has 2 aliphatic heterocycles. The minimum absolute atomic E-state index is 0.0741. The van der Waals surface area contributed by atoms with Crippen LogP contribution in [0.25, 0.3) is 0 Å². The molecule has 1 aromatic carbocycles. The number of fused-ring (bicyclic) bond motifs is 2. The van der Waals surface area contributed by atoms with E-state index >= 15 is 0 Å². The third kappa shape index (κ3) is 3.11. The van der Waals surface area contributed by atoms with Crippen LogP contribution in [0, 0.1) is 17.8 Å². The maximum Gasteiger partial charge on any atom is 0.321 e. The molecule has 1 N–H and O–H groups in total. The normalized spacial score (nSPS) is 32.4. The number of nitrogens with one attached hydrogen (secondary N) is 1. The summed E-state index contributed by atoms with van der Waals surface area (Å²) in [6.07, 6.45) is 9.13. The summed E-state index contributed by atoms with van der Waals surface area (Å²) < 4.78 is 0. The van der Waals surface area contributed by atoms with E-state index in [-0.39, 0.29) is 11.9 Å². The van der Waals surface area contributed by atoms with Crippen LogP contribution in [0.5, 0.6) is 0 Å². The Morgan fingerprint density at radius 1 is 1.15 bits per heavy atom. The first kappa shape index (κ1) is 17.1. The van der Waals surface area contributed by atoms with Gasteiger partial charge < -0.3 is 10.2 Å². The van der Waals surface area contributed by atoms with Crippen LogP contribution >= 0.6 is 0 Å². The van der Waals surface area contributed by atoms with E-state index in [9.17, 15) is 9.59 Å². The quantitative estimate of drug-likeness (QED) is 0.883. The number of carbonyl (C=O) groups excluding carboxylic acids is 2. The van der Waals surface area contributed by atoms with Crippen molar-refractivity contribution in [2.24, 2.45) is 17.8 Å². The highest BCUT2D eigenvalue weighted by Gasteiger charge is 2.42. The first-order chi connectivity index (χ1) is 13.2. The number of hydrogen-bond acceptors (Lipinski definition) is 2. The molecule has 4 unspecified atom stereocenters. The number of amides is 3. The second kappa shape index (κ2) is 6.84. The first-order valence-corrected chi connectivity index (χ1v) is 10.7. The molecule has 5 nitrogen and oxygen atoms in total. The molecule has 5 heteroatoms. The van der Waals surface area contributed by atoms with Gasteiger partial charge in [-0.25, -0.2) is 4.79 Å². The highest BCUT2D eigenvalue weighted by molar-refractivity contribution is 5.98. The predicted octanol–water partition coefficient (Wildman–Crippen LogP) is 3.65. The summed E-state index contributed by atoms with van der Waals surface area (Å²) in [6.45, 7) is 2.19. The number of anilines is 1. The smallest absolute Gasteiger partial charge is 0.321 e. The van der Waals surface area contributed by atoms with Crippen LogP contribution < -0.4 is 10.2 Å². The van der Waals surface area contributed by atoms with E-state index in [4.69, 9.17) is 0 Å². The van der Waals surface area contributed by atoms with Crippen LogP contribution in [0.3, 0.4) is 0 Å². The fraction of sp³-hybridized carbons (Fsp3) is 0.636. The second-order valence-corrected chi connectivity index (χ2v) is 8.90. The lowest BCUT2D eigenvalue weighted by Crippen LogP contribution is -2.37. The number of urea groups is 1. The summed E-state index contributed by atoms with van der Waals surface area (Å²) in [5.41, 5.74) is 1.53. The fourth-order valence-corrected chi connectivity index (χ4v) is 6.05. The van der Waals surface area contributed by atoms with Gasteiger partial charge in [0.25, 0.3) is 5.91 Å². The minimum atomic E-state index is -0.0741. The van der Waals surface area contributed by atoms with E-state index in [1.54, 1.807) is 4.90 Å². The Morgan fingerprint density at radius 3 is 2.81 bits per heavy atom. The van der Waals surface area contributed by atoms with E-state index in [0.29, 0.717) is 24.7 Å². The Kier molecular flexibility index (Phi) is 4.33. The highest BCUT2D eigenvalue weighted by Crippen LogP contribution is 2.50. The van der Waals surface area contributed by atoms with Crippen molar-refractivity contribution in [3.63, 3.8) is 0 Å². The van der Waals surface area contributed by atoms with Gasteiger partial charge in [0.1, 0.15) is 0 Å². The molecule has 27 heavy (non-hydrogen) atoms. The molecule has 0 radical (unpaired) electrons. The Morgan fingerprint density at radius 2 is 2.07 bits per heavy atom. The number of likely N-dealkylation sites (tertiary alicyclic amines) is 1. The number of nitrogens with zero attached hydrogens (tertiary/aromatic N) is 2. The third-order valence-electron chi connectivity index (χ3n) is 7.36. The lowest BCUT2D eigenvalue weighted by Gasteiger charge is -2.30. The van der Waals surface area contributed by atoms with Crippen molar-refractivity contribution in [1.82, 2.24) is 10.2 Å². The van der Waals surface area contributed by atoms with Crippen molar-refractivity contribution in [3.05, 3.63) is 29.8 Å². The van der Waals surface area contributed by atoms with E-state index in [1.807, 2.05) is 24.3 Å². The summed E-state index contributed by atoms with van der Waals surface area (Å²) in [5.74, 6) is 2.86. The van der Waals surface area contributed by atoms with Gasteiger partial charge in [-0.15, -0.1) is 0 Å². The van der Waals surface area contributed by atoms with Crippen LogP contribution in [0.2, 0.25) is 0 Å². The summed E-state index contributed by atoms with van der Waals surface area (Å²) in [5, 5.41) is 2.82. The zero-order chi connectivity index (χ0) is 18.4. The number of benzene rings is 1. The van der Waals surface area contributed by atoms with Crippen molar-refractivity contribution < 1.29 is 9.59 Å². The van der Waals surface area contributed by atoms with Gasteiger partial charge in [-0.2, -0.15) is 0 Å². The first-order valence-electron chi connectivity index (χ1n) is 10.7. The summed E-state index contributed by atoms with van der Waals surface area (Å²) in [6, 6.07) is 7.93. The van der Waals surface area contributed by atoms with Gasteiger partial charge >= 0.3 is 6.03 Å². The topological polar surface area (TPSA) is 52.7 Å². The van der Waals surface area contributed by atoms with E-state index < -0.39 is 0 Å². The molecule has 2 saturated heterocycles. The lowest BCUT2D eigenvalue weighted by atomic mass is 9.83. The summed E-state index contributed by atoms with van der Waals surface area (Å²) in [4.78, 5) is 29.0. The second-order valence-electron chi connectivity index (χ2n) is 8.90. The average Bonchev–Trinajstić information content (AvgIpc) is 3.46. The Hall–Kier alpha value is -2.04. The standard InChI is InChI=1S/C22H29N3O2/c26-21(17-3-1-4-20(13-17)25-10-8-23-22(25)27)24-9-2-5-19(24)14-18-12-15-6-7-16(18)11-15/h1,3-4,13,15-16,18-19H,2,5-12,14H2,(H,23,27). The molecule has 2 heterocycles. The molecule has 4 fully saturated rings. The Balaban J connectivity index is 1.30. The van der Waals surface area contributed by atoms with Crippen molar-refractivity contribution in [1.29, 1.82) is 0 Å². The molecular weight excluding hydrogens is 338 g/mol. The van der Waals surface area contributed by atoms with Gasteiger partial charge in [0, 0.05) is 36.9 Å². The maximum atomic E-state index is 13.2. The van der Waals surface area contributed by atoms with E-state index in [2.05, 4.69) is 10.2 Å². The van der Waals surface area contributed by atoms with Gasteiger partial charge in [-0.3, -0.25) is 9.69 Å². The number of carbonyl (C=O) groups is 2. The number of rotatable bonds is 4.